The lowest BCUT2D eigenvalue weighted by atomic mass is 10.1. The highest BCUT2D eigenvalue weighted by atomic mass is 79.9. The highest BCUT2D eigenvalue weighted by molar-refractivity contribution is 9.10. The van der Waals surface area contributed by atoms with Crippen molar-refractivity contribution in [3.05, 3.63) is 33.8 Å². The standard InChI is InChI=1S/C11H10BrClN2O2/c12-9-4-1-6(10(13)15-17)5-8(9)11(16)14-7-2-3-7/h1,4-5,7,17H,2-3H2,(H,14,16)/b15-10-. The van der Waals surface area contributed by atoms with Gasteiger partial charge in [0.15, 0.2) is 5.17 Å². The van der Waals surface area contributed by atoms with Crippen molar-refractivity contribution in [3.8, 4) is 0 Å². The number of benzene rings is 1. The van der Waals surface area contributed by atoms with Gasteiger partial charge in [-0.05, 0) is 40.9 Å². The fraction of sp³-hybridized carbons (Fsp3) is 0.273. The summed E-state index contributed by atoms with van der Waals surface area (Å²) < 4.78 is 0.682. The quantitative estimate of drug-likeness (QED) is 0.511. The normalized spacial score (nSPS) is 15.8. The molecule has 0 aromatic heterocycles. The molecule has 2 rings (SSSR count). The molecule has 6 heteroatoms. The van der Waals surface area contributed by atoms with Crippen LogP contribution in [0.2, 0.25) is 0 Å². The highest BCUT2D eigenvalue weighted by Gasteiger charge is 2.24. The van der Waals surface area contributed by atoms with E-state index in [9.17, 15) is 4.79 Å². The third-order valence-electron chi connectivity index (χ3n) is 2.45. The molecule has 0 atom stereocenters. The summed E-state index contributed by atoms with van der Waals surface area (Å²) in [7, 11) is 0. The summed E-state index contributed by atoms with van der Waals surface area (Å²) in [6, 6.07) is 5.24. The molecule has 17 heavy (non-hydrogen) atoms. The van der Waals surface area contributed by atoms with Gasteiger partial charge in [0.25, 0.3) is 5.91 Å². The molecular weight excluding hydrogens is 307 g/mol. The number of rotatable bonds is 3. The van der Waals surface area contributed by atoms with E-state index in [1.165, 1.54) is 0 Å². The number of carbonyl (C=O) groups excluding carboxylic acids is 1. The van der Waals surface area contributed by atoms with Crippen molar-refractivity contribution in [1.82, 2.24) is 5.32 Å². The van der Waals surface area contributed by atoms with Crippen LogP contribution in [0, 0.1) is 0 Å². The molecule has 1 aromatic carbocycles. The summed E-state index contributed by atoms with van der Waals surface area (Å²) in [5.41, 5.74) is 0.981. The van der Waals surface area contributed by atoms with Crippen molar-refractivity contribution in [2.24, 2.45) is 5.16 Å². The first-order chi connectivity index (χ1) is 8.11. The van der Waals surface area contributed by atoms with Gasteiger partial charge in [0.1, 0.15) is 0 Å². The first-order valence-electron chi connectivity index (χ1n) is 5.10. The molecule has 0 heterocycles. The lowest BCUT2D eigenvalue weighted by Gasteiger charge is -2.07. The highest BCUT2D eigenvalue weighted by Crippen LogP contribution is 2.23. The SMILES string of the molecule is O=C(NC1CC1)c1cc(/C(Cl)=N/O)ccc1Br. The third kappa shape index (κ3) is 2.98. The van der Waals surface area contributed by atoms with E-state index in [4.69, 9.17) is 16.8 Å². The molecule has 1 amide bonds. The van der Waals surface area contributed by atoms with Gasteiger partial charge >= 0.3 is 0 Å². The summed E-state index contributed by atoms with van der Waals surface area (Å²) in [5.74, 6) is -0.149. The maximum absolute atomic E-state index is 11.9. The van der Waals surface area contributed by atoms with Crippen molar-refractivity contribution in [1.29, 1.82) is 0 Å². The minimum Gasteiger partial charge on any atom is -0.410 e. The maximum Gasteiger partial charge on any atom is 0.252 e. The van der Waals surface area contributed by atoms with E-state index in [-0.39, 0.29) is 11.1 Å². The zero-order valence-corrected chi connectivity index (χ0v) is 11.1. The lowest BCUT2D eigenvalue weighted by molar-refractivity contribution is 0.0950. The van der Waals surface area contributed by atoms with E-state index in [2.05, 4.69) is 26.4 Å². The molecule has 1 fully saturated rings. The Morgan fingerprint density at radius 3 is 2.82 bits per heavy atom. The largest absolute Gasteiger partial charge is 0.410 e. The molecule has 0 aliphatic heterocycles. The van der Waals surface area contributed by atoms with E-state index >= 15 is 0 Å². The summed E-state index contributed by atoms with van der Waals surface area (Å²) >= 11 is 9.00. The van der Waals surface area contributed by atoms with Gasteiger partial charge in [0.2, 0.25) is 0 Å². The molecule has 0 saturated heterocycles. The van der Waals surface area contributed by atoms with Gasteiger partial charge in [-0.25, -0.2) is 0 Å². The number of amides is 1. The number of nitrogens with zero attached hydrogens (tertiary/aromatic N) is 1. The van der Waals surface area contributed by atoms with Crippen LogP contribution >= 0.6 is 27.5 Å². The Morgan fingerprint density at radius 2 is 2.24 bits per heavy atom. The molecule has 0 bridgehead atoms. The average molecular weight is 318 g/mol. The number of hydrogen-bond donors (Lipinski definition) is 2. The summed E-state index contributed by atoms with van der Waals surface area (Å²) in [6.07, 6.45) is 2.06. The second-order valence-electron chi connectivity index (χ2n) is 3.83. The van der Waals surface area contributed by atoms with Gasteiger partial charge in [-0.15, -0.1) is 0 Å². The van der Waals surface area contributed by atoms with Gasteiger partial charge < -0.3 is 10.5 Å². The fourth-order valence-corrected chi connectivity index (χ4v) is 1.92. The van der Waals surface area contributed by atoms with Crippen LogP contribution < -0.4 is 5.32 Å². The fourth-order valence-electron chi connectivity index (χ4n) is 1.38. The summed E-state index contributed by atoms with van der Waals surface area (Å²) in [4.78, 5) is 11.9. The Balaban J connectivity index is 2.27. The average Bonchev–Trinajstić information content (AvgIpc) is 3.12. The molecule has 1 aliphatic rings. The second-order valence-corrected chi connectivity index (χ2v) is 5.05. The summed E-state index contributed by atoms with van der Waals surface area (Å²) in [6.45, 7) is 0. The van der Waals surface area contributed by atoms with E-state index < -0.39 is 0 Å². The van der Waals surface area contributed by atoms with E-state index in [1.807, 2.05) is 0 Å². The Hall–Kier alpha value is -1.07. The van der Waals surface area contributed by atoms with E-state index in [1.54, 1.807) is 18.2 Å². The lowest BCUT2D eigenvalue weighted by Crippen LogP contribution is -2.25. The van der Waals surface area contributed by atoms with Crippen LogP contribution in [0.1, 0.15) is 28.8 Å². The molecule has 1 aliphatic carbocycles. The zero-order chi connectivity index (χ0) is 12.4. The van der Waals surface area contributed by atoms with Crippen LogP contribution in [0.15, 0.2) is 27.8 Å². The van der Waals surface area contributed by atoms with Gasteiger partial charge in [-0.2, -0.15) is 0 Å². The molecule has 0 unspecified atom stereocenters. The van der Waals surface area contributed by atoms with Crippen LogP contribution in [0.4, 0.5) is 0 Å². The van der Waals surface area contributed by atoms with Gasteiger partial charge in [-0.3, -0.25) is 4.79 Å². The number of oxime groups is 1. The van der Waals surface area contributed by atoms with Crippen molar-refractivity contribution >= 4 is 38.6 Å². The molecular formula is C11H10BrClN2O2. The second kappa shape index (κ2) is 5.06. The van der Waals surface area contributed by atoms with E-state index in [0.29, 0.717) is 21.6 Å². The Labute approximate surface area is 112 Å². The Bertz CT molecular complexity index is 486. The molecule has 0 spiro atoms. The molecule has 4 nitrogen and oxygen atoms in total. The monoisotopic (exact) mass is 316 g/mol. The third-order valence-corrected chi connectivity index (χ3v) is 3.43. The predicted molar refractivity (Wildman–Crippen MR) is 68.8 cm³/mol. The molecule has 0 radical (unpaired) electrons. The van der Waals surface area contributed by atoms with Crippen LogP contribution in [0.3, 0.4) is 0 Å². The first-order valence-corrected chi connectivity index (χ1v) is 6.27. The van der Waals surface area contributed by atoms with Crippen LogP contribution in [-0.4, -0.2) is 22.3 Å². The zero-order valence-electron chi connectivity index (χ0n) is 8.78. The molecule has 2 N–H and O–H groups in total. The van der Waals surface area contributed by atoms with Gasteiger partial charge in [-0.1, -0.05) is 22.8 Å². The number of hydrogen-bond acceptors (Lipinski definition) is 3. The van der Waals surface area contributed by atoms with Gasteiger partial charge in [0.05, 0.1) is 5.56 Å². The molecule has 1 aromatic rings. The van der Waals surface area contributed by atoms with E-state index in [0.717, 1.165) is 12.8 Å². The van der Waals surface area contributed by atoms with Crippen molar-refractivity contribution in [2.45, 2.75) is 18.9 Å². The van der Waals surface area contributed by atoms with Crippen LogP contribution in [0.25, 0.3) is 0 Å². The predicted octanol–water partition coefficient (Wildman–Crippen LogP) is 2.72. The molecule has 90 valence electrons. The molecule has 1 saturated carbocycles. The van der Waals surface area contributed by atoms with Gasteiger partial charge in [0, 0.05) is 16.1 Å². The van der Waals surface area contributed by atoms with Crippen LogP contribution in [0.5, 0.6) is 0 Å². The minimum absolute atomic E-state index is 0.0435. The number of halogens is 2. The minimum atomic E-state index is -0.149. The number of nitrogens with one attached hydrogen (secondary N) is 1. The Kier molecular flexibility index (Phi) is 3.69. The van der Waals surface area contributed by atoms with Crippen molar-refractivity contribution < 1.29 is 10.0 Å². The van der Waals surface area contributed by atoms with Crippen molar-refractivity contribution in [2.75, 3.05) is 0 Å². The smallest absolute Gasteiger partial charge is 0.252 e. The summed E-state index contributed by atoms with van der Waals surface area (Å²) in [5, 5.41) is 14.3. The number of carbonyl (C=O) groups is 1. The Morgan fingerprint density at radius 1 is 1.53 bits per heavy atom. The van der Waals surface area contributed by atoms with Crippen molar-refractivity contribution in [3.63, 3.8) is 0 Å². The first kappa shape index (κ1) is 12.4. The maximum atomic E-state index is 11.9. The topological polar surface area (TPSA) is 61.7 Å². The van der Waals surface area contributed by atoms with Crippen LogP contribution in [-0.2, 0) is 0 Å².